The minimum absolute atomic E-state index is 0.234. The lowest BCUT2D eigenvalue weighted by molar-refractivity contribution is -0.101. The van der Waals surface area contributed by atoms with Gasteiger partial charge in [0.15, 0.2) is 0 Å². The van der Waals surface area contributed by atoms with E-state index in [-0.39, 0.29) is 17.5 Å². The monoisotopic (exact) mass is 238 g/mol. The van der Waals surface area contributed by atoms with Crippen molar-refractivity contribution in [2.75, 3.05) is 7.11 Å². The Morgan fingerprint density at radius 3 is 2.65 bits per heavy atom. The van der Waals surface area contributed by atoms with Gasteiger partial charge >= 0.3 is 0 Å². The third-order valence-corrected chi connectivity index (χ3v) is 3.76. The van der Waals surface area contributed by atoms with E-state index in [1.807, 2.05) is 13.0 Å². The molecule has 0 aliphatic heterocycles. The SMILES string of the molecule is COC1(C(NN)c2cc(C)ccc2F)CCC1. The predicted octanol–water partition coefficient (Wildman–Crippen LogP) is 2.21. The third-order valence-electron chi connectivity index (χ3n) is 3.76. The summed E-state index contributed by atoms with van der Waals surface area (Å²) in [4.78, 5) is 0. The van der Waals surface area contributed by atoms with Crippen LogP contribution in [0.3, 0.4) is 0 Å². The van der Waals surface area contributed by atoms with Gasteiger partial charge in [0.05, 0.1) is 11.6 Å². The summed E-state index contributed by atoms with van der Waals surface area (Å²) in [6.07, 6.45) is 2.91. The van der Waals surface area contributed by atoms with Gasteiger partial charge in [-0.15, -0.1) is 0 Å². The van der Waals surface area contributed by atoms with E-state index in [1.165, 1.54) is 6.07 Å². The van der Waals surface area contributed by atoms with Crippen molar-refractivity contribution < 1.29 is 9.13 Å². The minimum Gasteiger partial charge on any atom is -0.376 e. The summed E-state index contributed by atoms with van der Waals surface area (Å²) in [6, 6.07) is 4.78. The van der Waals surface area contributed by atoms with Gasteiger partial charge < -0.3 is 4.74 Å². The highest BCUT2D eigenvalue weighted by Crippen LogP contribution is 2.45. The number of halogens is 1. The molecule has 1 unspecified atom stereocenters. The molecule has 2 rings (SSSR count). The highest BCUT2D eigenvalue weighted by atomic mass is 19.1. The van der Waals surface area contributed by atoms with Crippen LogP contribution in [-0.4, -0.2) is 12.7 Å². The molecule has 0 heterocycles. The van der Waals surface area contributed by atoms with Gasteiger partial charge in [-0.3, -0.25) is 5.84 Å². The van der Waals surface area contributed by atoms with E-state index in [0.717, 1.165) is 24.8 Å². The van der Waals surface area contributed by atoms with Crippen molar-refractivity contribution in [2.24, 2.45) is 5.84 Å². The number of aryl methyl sites for hydroxylation is 1. The van der Waals surface area contributed by atoms with E-state index in [2.05, 4.69) is 5.43 Å². The van der Waals surface area contributed by atoms with Crippen molar-refractivity contribution in [1.82, 2.24) is 5.43 Å². The second-order valence-electron chi connectivity index (χ2n) is 4.75. The van der Waals surface area contributed by atoms with Crippen LogP contribution in [0.2, 0.25) is 0 Å². The summed E-state index contributed by atoms with van der Waals surface area (Å²) in [6.45, 7) is 1.94. The number of methoxy groups -OCH3 is 1. The zero-order valence-corrected chi connectivity index (χ0v) is 10.3. The van der Waals surface area contributed by atoms with Crippen molar-refractivity contribution >= 4 is 0 Å². The molecular weight excluding hydrogens is 219 g/mol. The van der Waals surface area contributed by atoms with Crippen LogP contribution in [0, 0.1) is 12.7 Å². The molecule has 0 saturated heterocycles. The van der Waals surface area contributed by atoms with Crippen LogP contribution in [0.4, 0.5) is 4.39 Å². The molecular formula is C13H19FN2O. The van der Waals surface area contributed by atoms with Gasteiger partial charge in [0.25, 0.3) is 0 Å². The number of rotatable bonds is 4. The molecule has 17 heavy (non-hydrogen) atoms. The number of benzene rings is 1. The Labute approximate surface area is 101 Å². The Hall–Kier alpha value is -0.970. The Morgan fingerprint density at radius 1 is 1.47 bits per heavy atom. The maximum absolute atomic E-state index is 13.9. The molecule has 0 aromatic heterocycles. The summed E-state index contributed by atoms with van der Waals surface area (Å²) in [5, 5.41) is 0. The molecule has 4 heteroatoms. The fraction of sp³-hybridized carbons (Fsp3) is 0.538. The molecule has 1 aromatic carbocycles. The van der Waals surface area contributed by atoms with Gasteiger partial charge in [0.2, 0.25) is 0 Å². The quantitative estimate of drug-likeness (QED) is 0.624. The average molecular weight is 238 g/mol. The van der Waals surface area contributed by atoms with Gasteiger partial charge in [-0.1, -0.05) is 17.7 Å². The first-order valence-corrected chi connectivity index (χ1v) is 5.90. The second kappa shape index (κ2) is 4.72. The largest absolute Gasteiger partial charge is 0.376 e. The zero-order chi connectivity index (χ0) is 12.5. The van der Waals surface area contributed by atoms with Gasteiger partial charge in [-0.05, 0) is 32.3 Å². The number of hydrazine groups is 1. The number of hydrogen-bond donors (Lipinski definition) is 2. The van der Waals surface area contributed by atoms with Crippen molar-refractivity contribution in [1.29, 1.82) is 0 Å². The van der Waals surface area contributed by atoms with E-state index in [0.29, 0.717) is 5.56 Å². The molecule has 94 valence electrons. The normalized spacial score (nSPS) is 19.8. The summed E-state index contributed by atoms with van der Waals surface area (Å²) in [5.41, 5.74) is 3.97. The van der Waals surface area contributed by atoms with Crippen LogP contribution in [-0.2, 0) is 4.74 Å². The number of ether oxygens (including phenoxy) is 1. The fourth-order valence-corrected chi connectivity index (χ4v) is 2.55. The van der Waals surface area contributed by atoms with Crippen LogP contribution < -0.4 is 11.3 Å². The summed E-state index contributed by atoms with van der Waals surface area (Å²) >= 11 is 0. The molecule has 1 fully saturated rings. The molecule has 0 amide bonds. The van der Waals surface area contributed by atoms with Crippen LogP contribution >= 0.6 is 0 Å². The van der Waals surface area contributed by atoms with Gasteiger partial charge in [-0.2, -0.15) is 0 Å². The highest BCUT2D eigenvalue weighted by Gasteiger charge is 2.45. The van der Waals surface area contributed by atoms with Crippen LogP contribution in [0.25, 0.3) is 0 Å². The molecule has 0 bridgehead atoms. The fourth-order valence-electron chi connectivity index (χ4n) is 2.55. The molecule has 0 radical (unpaired) electrons. The number of hydrogen-bond acceptors (Lipinski definition) is 3. The first kappa shape index (κ1) is 12.5. The van der Waals surface area contributed by atoms with Crippen LogP contribution in [0.1, 0.15) is 36.4 Å². The predicted molar refractivity (Wildman–Crippen MR) is 64.8 cm³/mol. The van der Waals surface area contributed by atoms with E-state index in [4.69, 9.17) is 10.6 Å². The lowest BCUT2D eigenvalue weighted by atomic mass is 9.72. The first-order chi connectivity index (χ1) is 8.13. The zero-order valence-electron chi connectivity index (χ0n) is 10.3. The smallest absolute Gasteiger partial charge is 0.128 e. The van der Waals surface area contributed by atoms with E-state index in [9.17, 15) is 4.39 Å². The van der Waals surface area contributed by atoms with E-state index >= 15 is 0 Å². The Morgan fingerprint density at radius 2 is 2.18 bits per heavy atom. The average Bonchev–Trinajstić information content (AvgIpc) is 2.27. The topological polar surface area (TPSA) is 47.3 Å². The molecule has 3 nitrogen and oxygen atoms in total. The Balaban J connectivity index is 2.37. The minimum atomic E-state index is -0.358. The molecule has 0 spiro atoms. The lowest BCUT2D eigenvalue weighted by Gasteiger charge is -2.46. The molecule has 1 aliphatic rings. The molecule has 3 N–H and O–H groups in total. The maximum Gasteiger partial charge on any atom is 0.128 e. The number of nitrogens with one attached hydrogen (secondary N) is 1. The Bertz CT molecular complexity index is 399. The van der Waals surface area contributed by atoms with Crippen molar-refractivity contribution in [2.45, 2.75) is 37.8 Å². The standard InChI is InChI=1S/C13H19FN2O/c1-9-4-5-11(14)10(8-9)12(16-15)13(17-2)6-3-7-13/h4-5,8,12,16H,3,6-7,15H2,1-2H3. The van der Waals surface area contributed by atoms with Gasteiger partial charge in [0, 0.05) is 12.7 Å². The highest BCUT2D eigenvalue weighted by molar-refractivity contribution is 5.29. The van der Waals surface area contributed by atoms with E-state index in [1.54, 1.807) is 13.2 Å². The van der Waals surface area contributed by atoms with Gasteiger partial charge in [0.1, 0.15) is 5.82 Å². The Kier molecular flexibility index (Phi) is 3.47. The van der Waals surface area contributed by atoms with Crippen LogP contribution in [0.5, 0.6) is 0 Å². The second-order valence-corrected chi connectivity index (χ2v) is 4.75. The molecule has 1 atom stereocenters. The van der Waals surface area contributed by atoms with Crippen molar-refractivity contribution in [3.05, 3.63) is 35.1 Å². The first-order valence-electron chi connectivity index (χ1n) is 5.90. The van der Waals surface area contributed by atoms with Crippen molar-refractivity contribution in [3.8, 4) is 0 Å². The number of nitrogens with two attached hydrogens (primary N) is 1. The van der Waals surface area contributed by atoms with Gasteiger partial charge in [-0.25, -0.2) is 9.82 Å². The third kappa shape index (κ3) is 2.08. The molecule has 1 aliphatic carbocycles. The lowest BCUT2D eigenvalue weighted by Crippen LogP contribution is -2.52. The molecule has 1 aromatic rings. The maximum atomic E-state index is 13.9. The summed E-state index contributed by atoms with van der Waals surface area (Å²) < 4.78 is 19.4. The van der Waals surface area contributed by atoms with Crippen molar-refractivity contribution in [3.63, 3.8) is 0 Å². The summed E-state index contributed by atoms with van der Waals surface area (Å²) in [7, 11) is 1.66. The van der Waals surface area contributed by atoms with E-state index < -0.39 is 0 Å². The van der Waals surface area contributed by atoms with Crippen LogP contribution in [0.15, 0.2) is 18.2 Å². The molecule has 1 saturated carbocycles. The summed E-state index contributed by atoms with van der Waals surface area (Å²) in [5.74, 6) is 5.36.